The number of rotatable bonds is 2. The molecular weight excluding hydrogens is 216 g/mol. The van der Waals surface area contributed by atoms with Gasteiger partial charge in [-0.05, 0) is 23.1 Å². The number of halogens is 1. The van der Waals surface area contributed by atoms with E-state index in [1.54, 1.807) is 0 Å². The van der Waals surface area contributed by atoms with Crippen molar-refractivity contribution in [2.45, 2.75) is 26.4 Å². The average molecular weight is 229 g/mol. The maximum absolute atomic E-state index is 8.87. The Hall–Kier alpha value is -0.340. The Morgan fingerprint density at radius 3 is 2.50 bits per heavy atom. The van der Waals surface area contributed by atoms with E-state index in [1.165, 1.54) is 5.56 Å². The molecule has 0 aromatic heterocycles. The van der Waals surface area contributed by atoms with Gasteiger partial charge >= 0.3 is 0 Å². The number of hydrogen-bond donors (Lipinski definition) is 1. The molecule has 66 valence electrons. The second kappa shape index (κ2) is 4.06. The van der Waals surface area contributed by atoms with Gasteiger partial charge in [-0.15, -0.1) is 0 Å². The van der Waals surface area contributed by atoms with Crippen molar-refractivity contribution < 1.29 is 5.11 Å². The van der Waals surface area contributed by atoms with Crippen molar-refractivity contribution in [2.24, 2.45) is 0 Å². The summed E-state index contributed by atoms with van der Waals surface area (Å²) in [5.74, 6) is 0.520. The zero-order valence-corrected chi connectivity index (χ0v) is 8.93. The molecule has 2 heteroatoms. The molecule has 0 unspecified atom stereocenters. The maximum Gasteiger partial charge on any atom is 0.0682 e. The largest absolute Gasteiger partial charge is 0.392 e. The summed E-state index contributed by atoms with van der Waals surface area (Å²) in [5, 5.41) is 8.87. The summed E-state index contributed by atoms with van der Waals surface area (Å²) >= 11 is 3.48. The molecule has 0 saturated carbocycles. The van der Waals surface area contributed by atoms with Crippen LogP contribution in [0.5, 0.6) is 0 Å². The van der Waals surface area contributed by atoms with Crippen molar-refractivity contribution >= 4 is 15.9 Å². The van der Waals surface area contributed by atoms with E-state index in [-0.39, 0.29) is 6.61 Å². The standard InChI is InChI=1S/C10H13BrO/c1-7(2)9-4-3-8(6-12)5-10(9)11/h3-5,7,12H,6H2,1-2H3. The van der Waals surface area contributed by atoms with Crippen LogP contribution in [0.2, 0.25) is 0 Å². The predicted octanol–water partition coefficient (Wildman–Crippen LogP) is 3.06. The van der Waals surface area contributed by atoms with Gasteiger partial charge in [0.05, 0.1) is 6.61 Å². The summed E-state index contributed by atoms with van der Waals surface area (Å²) in [7, 11) is 0. The Bertz CT molecular complexity index is 269. The topological polar surface area (TPSA) is 20.2 Å². The molecule has 0 spiro atoms. The quantitative estimate of drug-likeness (QED) is 0.826. The Morgan fingerprint density at radius 1 is 1.42 bits per heavy atom. The van der Waals surface area contributed by atoms with E-state index in [0.717, 1.165) is 10.0 Å². The highest BCUT2D eigenvalue weighted by Gasteiger charge is 2.04. The van der Waals surface area contributed by atoms with Crippen LogP contribution < -0.4 is 0 Å². The summed E-state index contributed by atoms with van der Waals surface area (Å²) in [6.07, 6.45) is 0. The van der Waals surface area contributed by atoms with Gasteiger partial charge in [-0.3, -0.25) is 0 Å². The van der Waals surface area contributed by atoms with Crippen LogP contribution in [0.3, 0.4) is 0 Å². The fourth-order valence-electron chi connectivity index (χ4n) is 1.14. The van der Waals surface area contributed by atoms with Crippen LogP contribution >= 0.6 is 15.9 Å². The van der Waals surface area contributed by atoms with Gasteiger partial charge in [0.15, 0.2) is 0 Å². The van der Waals surface area contributed by atoms with Crippen LogP contribution in [0, 0.1) is 0 Å². The molecule has 0 bridgehead atoms. The molecule has 0 fully saturated rings. The van der Waals surface area contributed by atoms with E-state index in [2.05, 4.69) is 35.8 Å². The van der Waals surface area contributed by atoms with Gasteiger partial charge in [-0.25, -0.2) is 0 Å². The number of aliphatic hydroxyl groups is 1. The molecule has 1 aromatic carbocycles. The molecule has 0 heterocycles. The molecule has 0 atom stereocenters. The van der Waals surface area contributed by atoms with E-state index >= 15 is 0 Å². The monoisotopic (exact) mass is 228 g/mol. The molecule has 0 aliphatic rings. The van der Waals surface area contributed by atoms with Crippen LogP contribution in [0.15, 0.2) is 22.7 Å². The summed E-state index contributed by atoms with van der Waals surface area (Å²) in [4.78, 5) is 0. The zero-order chi connectivity index (χ0) is 9.14. The molecule has 1 aromatic rings. The van der Waals surface area contributed by atoms with E-state index < -0.39 is 0 Å². The summed E-state index contributed by atoms with van der Waals surface area (Å²) in [6.45, 7) is 4.41. The van der Waals surface area contributed by atoms with Crippen molar-refractivity contribution in [3.63, 3.8) is 0 Å². The Labute approximate surface area is 81.6 Å². The van der Waals surface area contributed by atoms with Gasteiger partial charge in [0.2, 0.25) is 0 Å². The van der Waals surface area contributed by atoms with Crippen molar-refractivity contribution in [1.82, 2.24) is 0 Å². The summed E-state index contributed by atoms with van der Waals surface area (Å²) in [5.41, 5.74) is 2.23. The first-order valence-corrected chi connectivity index (χ1v) is 4.83. The molecule has 0 aliphatic carbocycles. The molecule has 12 heavy (non-hydrogen) atoms. The van der Waals surface area contributed by atoms with Gasteiger partial charge in [0.1, 0.15) is 0 Å². The minimum Gasteiger partial charge on any atom is -0.392 e. The number of aliphatic hydroxyl groups excluding tert-OH is 1. The van der Waals surface area contributed by atoms with Gasteiger partial charge in [-0.1, -0.05) is 41.9 Å². The van der Waals surface area contributed by atoms with Crippen LogP contribution in [0.1, 0.15) is 30.9 Å². The minimum absolute atomic E-state index is 0.108. The van der Waals surface area contributed by atoms with Crippen LogP contribution in [0.4, 0.5) is 0 Å². The highest BCUT2D eigenvalue weighted by atomic mass is 79.9. The van der Waals surface area contributed by atoms with Crippen molar-refractivity contribution in [3.8, 4) is 0 Å². The Kier molecular flexibility index (Phi) is 3.29. The van der Waals surface area contributed by atoms with Crippen molar-refractivity contribution in [2.75, 3.05) is 0 Å². The van der Waals surface area contributed by atoms with Gasteiger partial charge in [0, 0.05) is 4.47 Å². The van der Waals surface area contributed by atoms with E-state index in [9.17, 15) is 0 Å². The van der Waals surface area contributed by atoms with Crippen molar-refractivity contribution in [3.05, 3.63) is 33.8 Å². The smallest absolute Gasteiger partial charge is 0.0682 e. The second-order valence-corrected chi connectivity index (χ2v) is 4.02. The number of benzene rings is 1. The molecule has 1 rings (SSSR count). The Morgan fingerprint density at radius 2 is 2.08 bits per heavy atom. The lowest BCUT2D eigenvalue weighted by Gasteiger charge is -2.08. The van der Waals surface area contributed by atoms with Gasteiger partial charge in [0.25, 0.3) is 0 Å². The van der Waals surface area contributed by atoms with Gasteiger partial charge in [-0.2, -0.15) is 0 Å². The van der Waals surface area contributed by atoms with Crippen LogP contribution in [-0.4, -0.2) is 5.11 Å². The minimum atomic E-state index is 0.108. The molecule has 0 radical (unpaired) electrons. The molecule has 0 amide bonds. The zero-order valence-electron chi connectivity index (χ0n) is 7.34. The second-order valence-electron chi connectivity index (χ2n) is 3.17. The fourth-order valence-corrected chi connectivity index (χ4v) is 2.02. The van der Waals surface area contributed by atoms with Crippen LogP contribution in [0.25, 0.3) is 0 Å². The SMILES string of the molecule is CC(C)c1ccc(CO)cc1Br. The fraction of sp³-hybridized carbons (Fsp3) is 0.400. The normalized spacial score (nSPS) is 10.8. The lowest BCUT2D eigenvalue weighted by Crippen LogP contribution is -1.91. The lowest BCUT2D eigenvalue weighted by molar-refractivity contribution is 0.281. The highest BCUT2D eigenvalue weighted by molar-refractivity contribution is 9.10. The third kappa shape index (κ3) is 2.08. The summed E-state index contributed by atoms with van der Waals surface area (Å²) in [6, 6.07) is 5.98. The molecule has 1 nitrogen and oxygen atoms in total. The third-order valence-electron chi connectivity index (χ3n) is 1.87. The Balaban J connectivity index is 3.03. The van der Waals surface area contributed by atoms with E-state index in [4.69, 9.17) is 5.11 Å². The third-order valence-corrected chi connectivity index (χ3v) is 2.56. The van der Waals surface area contributed by atoms with Crippen LogP contribution in [-0.2, 0) is 6.61 Å². The predicted molar refractivity (Wildman–Crippen MR) is 54.2 cm³/mol. The molecule has 1 N–H and O–H groups in total. The highest BCUT2D eigenvalue weighted by Crippen LogP contribution is 2.25. The number of hydrogen-bond acceptors (Lipinski definition) is 1. The van der Waals surface area contributed by atoms with Crippen molar-refractivity contribution in [1.29, 1.82) is 0 Å². The summed E-state index contributed by atoms with van der Waals surface area (Å²) < 4.78 is 1.09. The first-order valence-electron chi connectivity index (χ1n) is 4.04. The average Bonchev–Trinajstić information content (AvgIpc) is 2.03. The molecule has 0 aliphatic heterocycles. The maximum atomic E-state index is 8.87. The molecular formula is C10H13BrO. The first-order chi connectivity index (χ1) is 5.65. The first kappa shape index (κ1) is 9.75. The molecule has 0 saturated heterocycles. The lowest BCUT2D eigenvalue weighted by atomic mass is 10.0. The van der Waals surface area contributed by atoms with Gasteiger partial charge < -0.3 is 5.11 Å². The van der Waals surface area contributed by atoms with E-state index in [0.29, 0.717) is 5.92 Å². The van der Waals surface area contributed by atoms with E-state index in [1.807, 2.05) is 12.1 Å².